The molecule has 0 aromatic carbocycles. The van der Waals surface area contributed by atoms with Crippen LogP contribution in [0.25, 0.3) is 0 Å². The molecule has 1 heterocycles. The zero-order valence-corrected chi connectivity index (χ0v) is 9.87. The number of hydrogen-bond donors (Lipinski definition) is 2. The highest BCUT2D eigenvalue weighted by Gasteiger charge is 2.30. The first-order chi connectivity index (χ1) is 7.70. The molecule has 3 heteroatoms. The number of aromatic nitrogens is 1. The minimum atomic E-state index is -0.462. The Labute approximate surface area is 96.9 Å². The second kappa shape index (κ2) is 4.93. The number of hydrogen-bond acceptors (Lipinski definition) is 3. The molecule has 0 aliphatic heterocycles. The fraction of sp³-hybridized carbons (Fsp3) is 0.615. The van der Waals surface area contributed by atoms with Crippen molar-refractivity contribution in [3.8, 4) is 0 Å². The van der Waals surface area contributed by atoms with Crippen LogP contribution in [0.4, 0.5) is 0 Å². The van der Waals surface area contributed by atoms with Crippen molar-refractivity contribution in [2.75, 3.05) is 6.54 Å². The van der Waals surface area contributed by atoms with Crippen molar-refractivity contribution in [1.82, 2.24) is 10.3 Å². The molecule has 1 fully saturated rings. The van der Waals surface area contributed by atoms with E-state index in [1.807, 2.05) is 18.5 Å². The summed E-state index contributed by atoms with van der Waals surface area (Å²) >= 11 is 0. The van der Waals surface area contributed by atoms with Gasteiger partial charge < -0.3 is 10.4 Å². The zero-order valence-electron chi connectivity index (χ0n) is 9.87. The summed E-state index contributed by atoms with van der Waals surface area (Å²) in [6.07, 6.45) is 7.89. The molecule has 0 bridgehead atoms. The lowest BCUT2D eigenvalue weighted by Crippen LogP contribution is -2.37. The minimum absolute atomic E-state index is 0.462. The zero-order chi connectivity index (χ0) is 11.4. The van der Waals surface area contributed by atoms with Gasteiger partial charge in [0.25, 0.3) is 0 Å². The molecule has 1 saturated carbocycles. The van der Waals surface area contributed by atoms with E-state index in [2.05, 4.69) is 17.2 Å². The lowest BCUT2D eigenvalue weighted by Gasteiger charge is -2.22. The molecule has 1 aromatic heterocycles. The molecule has 88 valence electrons. The molecule has 3 nitrogen and oxygen atoms in total. The maximum absolute atomic E-state index is 10.2. The van der Waals surface area contributed by atoms with Crippen LogP contribution in [0, 0.1) is 6.92 Å². The van der Waals surface area contributed by atoms with Gasteiger partial charge >= 0.3 is 0 Å². The Morgan fingerprint density at radius 2 is 2.19 bits per heavy atom. The van der Waals surface area contributed by atoms with Gasteiger partial charge in [0.05, 0.1) is 5.60 Å². The molecule has 2 rings (SSSR count). The Kier molecular flexibility index (Phi) is 3.56. The van der Waals surface area contributed by atoms with Crippen molar-refractivity contribution in [2.45, 2.75) is 44.8 Å². The van der Waals surface area contributed by atoms with Crippen molar-refractivity contribution >= 4 is 0 Å². The highest BCUT2D eigenvalue weighted by atomic mass is 16.3. The van der Waals surface area contributed by atoms with Crippen LogP contribution in [0.1, 0.15) is 36.8 Å². The molecule has 0 spiro atoms. The maximum Gasteiger partial charge on any atom is 0.0771 e. The molecule has 0 saturated heterocycles. The van der Waals surface area contributed by atoms with E-state index < -0.39 is 5.60 Å². The molecule has 0 radical (unpaired) electrons. The molecule has 0 amide bonds. The quantitative estimate of drug-likeness (QED) is 0.813. The Bertz CT molecular complexity index is 346. The summed E-state index contributed by atoms with van der Waals surface area (Å²) in [5, 5.41) is 13.5. The van der Waals surface area contributed by atoms with Crippen LogP contribution in [-0.2, 0) is 6.54 Å². The van der Waals surface area contributed by atoms with Gasteiger partial charge in [0.1, 0.15) is 0 Å². The highest BCUT2D eigenvalue weighted by Crippen LogP contribution is 2.28. The van der Waals surface area contributed by atoms with Gasteiger partial charge in [0.2, 0.25) is 0 Å². The third kappa shape index (κ3) is 2.80. The highest BCUT2D eigenvalue weighted by molar-refractivity contribution is 5.21. The summed E-state index contributed by atoms with van der Waals surface area (Å²) in [7, 11) is 0. The van der Waals surface area contributed by atoms with Crippen molar-refractivity contribution in [3.05, 3.63) is 29.6 Å². The molecule has 1 aliphatic carbocycles. The number of nitrogens with one attached hydrogen (secondary N) is 1. The second-order valence-corrected chi connectivity index (χ2v) is 4.84. The summed E-state index contributed by atoms with van der Waals surface area (Å²) < 4.78 is 0. The summed E-state index contributed by atoms with van der Waals surface area (Å²) in [6, 6.07) is 2.02. The van der Waals surface area contributed by atoms with E-state index in [1.165, 1.54) is 11.1 Å². The molecule has 2 N–H and O–H groups in total. The SMILES string of the molecule is Cc1ccncc1CNCC1(O)CCCC1. The first-order valence-corrected chi connectivity index (χ1v) is 6.02. The Morgan fingerprint density at radius 3 is 2.88 bits per heavy atom. The summed E-state index contributed by atoms with van der Waals surface area (Å²) in [5.74, 6) is 0. The monoisotopic (exact) mass is 220 g/mol. The van der Waals surface area contributed by atoms with Crippen molar-refractivity contribution < 1.29 is 5.11 Å². The predicted molar refractivity (Wildman–Crippen MR) is 64.1 cm³/mol. The standard InChI is InChI=1S/C13H20N2O/c1-11-4-7-14-8-12(11)9-15-10-13(16)5-2-3-6-13/h4,7-8,15-16H,2-3,5-6,9-10H2,1H3. The van der Waals surface area contributed by atoms with Crippen LogP contribution in [0.2, 0.25) is 0 Å². The van der Waals surface area contributed by atoms with E-state index in [0.29, 0.717) is 6.54 Å². The molecule has 1 aliphatic rings. The first kappa shape index (κ1) is 11.6. The molecule has 0 unspecified atom stereocenters. The average molecular weight is 220 g/mol. The van der Waals surface area contributed by atoms with Gasteiger partial charge in [0, 0.05) is 25.5 Å². The van der Waals surface area contributed by atoms with E-state index in [9.17, 15) is 5.11 Å². The smallest absolute Gasteiger partial charge is 0.0771 e. The van der Waals surface area contributed by atoms with Crippen molar-refractivity contribution in [3.63, 3.8) is 0 Å². The van der Waals surface area contributed by atoms with Crippen LogP contribution in [0.5, 0.6) is 0 Å². The number of rotatable bonds is 4. The molecule has 0 atom stereocenters. The Balaban J connectivity index is 1.82. The summed E-state index contributed by atoms with van der Waals surface area (Å²) in [6.45, 7) is 3.58. The lowest BCUT2D eigenvalue weighted by molar-refractivity contribution is 0.0474. The van der Waals surface area contributed by atoms with Crippen LogP contribution in [0.3, 0.4) is 0 Å². The van der Waals surface area contributed by atoms with Gasteiger partial charge in [0.15, 0.2) is 0 Å². The summed E-state index contributed by atoms with van der Waals surface area (Å²) in [4.78, 5) is 4.11. The van der Waals surface area contributed by atoms with Gasteiger partial charge in [-0.15, -0.1) is 0 Å². The van der Waals surface area contributed by atoms with E-state index >= 15 is 0 Å². The maximum atomic E-state index is 10.2. The number of aliphatic hydroxyl groups is 1. The third-order valence-electron chi connectivity index (χ3n) is 3.45. The fourth-order valence-corrected chi connectivity index (χ4v) is 2.32. The Morgan fingerprint density at radius 1 is 1.44 bits per heavy atom. The molecule has 16 heavy (non-hydrogen) atoms. The Hall–Kier alpha value is -0.930. The van der Waals surface area contributed by atoms with Crippen molar-refractivity contribution in [2.24, 2.45) is 0 Å². The minimum Gasteiger partial charge on any atom is -0.389 e. The van der Waals surface area contributed by atoms with Gasteiger partial charge in [-0.25, -0.2) is 0 Å². The predicted octanol–water partition coefficient (Wildman–Crippen LogP) is 1.78. The van der Waals surface area contributed by atoms with E-state index in [0.717, 1.165) is 32.2 Å². The number of nitrogens with zero attached hydrogens (tertiary/aromatic N) is 1. The van der Waals surface area contributed by atoms with E-state index in [-0.39, 0.29) is 0 Å². The summed E-state index contributed by atoms with van der Waals surface area (Å²) in [5.41, 5.74) is 2.00. The van der Waals surface area contributed by atoms with Crippen LogP contribution >= 0.6 is 0 Å². The van der Waals surface area contributed by atoms with Gasteiger partial charge in [-0.2, -0.15) is 0 Å². The van der Waals surface area contributed by atoms with Crippen LogP contribution < -0.4 is 5.32 Å². The first-order valence-electron chi connectivity index (χ1n) is 6.02. The number of aryl methyl sites for hydroxylation is 1. The van der Waals surface area contributed by atoms with Gasteiger partial charge in [-0.05, 0) is 37.0 Å². The molecular formula is C13H20N2O. The van der Waals surface area contributed by atoms with Crippen LogP contribution in [-0.4, -0.2) is 22.2 Å². The normalized spacial score (nSPS) is 18.9. The molecule has 1 aromatic rings. The van der Waals surface area contributed by atoms with E-state index in [4.69, 9.17) is 0 Å². The largest absolute Gasteiger partial charge is 0.389 e. The average Bonchev–Trinajstić information content (AvgIpc) is 2.68. The second-order valence-electron chi connectivity index (χ2n) is 4.84. The lowest BCUT2D eigenvalue weighted by atomic mass is 10.0. The van der Waals surface area contributed by atoms with E-state index in [1.54, 1.807) is 0 Å². The molecular weight excluding hydrogens is 200 g/mol. The van der Waals surface area contributed by atoms with Crippen molar-refractivity contribution in [1.29, 1.82) is 0 Å². The fourth-order valence-electron chi connectivity index (χ4n) is 2.32. The topological polar surface area (TPSA) is 45.2 Å². The number of pyridine rings is 1. The van der Waals surface area contributed by atoms with Gasteiger partial charge in [-0.1, -0.05) is 12.8 Å². The van der Waals surface area contributed by atoms with Gasteiger partial charge in [-0.3, -0.25) is 4.98 Å². The third-order valence-corrected chi connectivity index (χ3v) is 3.45. The van der Waals surface area contributed by atoms with Crippen LogP contribution in [0.15, 0.2) is 18.5 Å².